The summed E-state index contributed by atoms with van der Waals surface area (Å²) >= 11 is 9.59. The number of hydrogen-bond acceptors (Lipinski definition) is 4. The fourth-order valence-electron chi connectivity index (χ4n) is 3.03. The highest BCUT2D eigenvalue weighted by Crippen LogP contribution is 2.24. The van der Waals surface area contributed by atoms with Crippen molar-refractivity contribution in [2.24, 2.45) is 4.99 Å². The summed E-state index contributed by atoms with van der Waals surface area (Å²) in [5.41, 5.74) is 3.37. The van der Waals surface area contributed by atoms with Gasteiger partial charge in [0.1, 0.15) is 0 Å². The maximum absolute atomic E-state index is 13.0. The summed E-state index contributed by atoms with van der Waals surface area (Å²) in [6.45, 7) is 6.11. The van der Waals surface area contributed by atoms with Crippen LogP contribution in [0.4, 0.5) is 5.69 Å². The van der Waals surface area contributed by atoms with Crippen molar-refractivity contribution in [2.45, 2.75) is 33.6 Å². The summed E-state index contributed by atoms with van der Waals surface area (Å²) in [7, 11) is 0. The molecule has 0 spiro atoms. The molecular formula is C23H23BrClN3O3. The van der Waals surface area contributed by atoms with Crippen LogP contribution in [0.3, 0.4) is 0 Å². The number of aromatic nitrogens is 2. The molecular weight excluding hydrogens is 482 g/mol. The van der Waals surface area contributed by atoms with Crippen LogP contribution < -0.4 is 5.56 Å². The number of nitrogens with zero attached hydrogens (tertiary/aromatic N) is 2. The summed E-state index contributed by atoms with van der Waals surface area (Å²) in [6.07, 6.45) is 3.21. The zero-order valence-corrected chi connectivity index (χ0v) is 19.9. The first kappa shape index (κ1) is 23.0. The fraction of sp³-hybridized carbons (Fsp3) is 0.261. The van der Waals surface area contributed by atoms with E-state index in [-0.39, 0.29) is 11.1 Å². The SMILES string of the molecule is CCCCOC(=O)c1cc(N=Cc2c(C)[nH]n(-c3ccc(Br)cc3C)c2=O)ccc1Cl. The highest BCUT2D eigenvalue weighted by atomic mass is 79.9. The van der Waals surface area contributed by atoms with E-state index >= 15 is 0 Å². The van der Waals surface area contributed by atoms with Gasteiger partial charge in [-0.2, -0.15) is 0 Å². The van der Waals surface area contributed by atoms with Crippen molar-refractivity contribution in [3.8, 4) is 5.69 Å². The fourth-order valence-corrected chi connectivity index (χ4v) is 3.70. The molecule has 162 valence electrons. The quantitative estimate of drug-likeness (QED) is 0.247. The Morgan fingerprint density at radius 2 is 2.03 bits per heavy atom. The second-order valence-corrected chi connectivity index (χ2v) is 8.46. The maximum Gasteiger partial charge on any atom is 0.339 e. The summed E-state index contributed by atoms with van der Waals surface area (Å²) in [4.78, 5) is 29.6. The molecule has 0 aliphatic carbocycles. The molecule has 6 nitrogen and oxygen atoms in total. The zero-order valence-electron chi connectivity index (χ0n) is 17.5. The minimum atomic E-state index is -0.485. The van der Waals surface area contributed by atoms with Gasteiger partial charge in [-0.1, -0.05) is 40.9 Å². The molecule has 0 saturated carbocycles. The minimum Gasteiger partial charge on any atom is -0.462 e. The molecule has 0 aliphatic heterocycles. The van der Waals surface area contributed by atoms with Gasteiger partial charge in [0, 0.05) is 16.4 Å². The van der Waals surface area contributed by atoms with Gasteiger partial charge in [-0.25, -0.2) is 9.48 Å². The molecule has 3 aromatic rings. The molecule has 0 bridgehead atoms. The Bertz CT molecular complexity index is 1200. The molecule has 1 N–H and O–H groups in total. The predicted molar refractivity (Wildman–Crippen MR) is 127 cm³/mol. The highest BCUT2D eigenvalue weighted by Gasteiger charge is 2.14. The summed E-state index contributed by atoms with van der Waals surface area (Å²) in [5.74, 6) is -0.485. The highest BCUT2D eigenvalue weighted by molar-refractivity contribution is 9.10. The topological polar surface area (TPSA) is 76.4 Å². The number of rotatable bonds is 7. The lowest BCUT2D eigenvalue weighted by Gasteiger charge is -2.06. The van der Waals surface area contributed by atoms with E-state index in [1.807, 2.05) is 39.0 Å². The van der Waals surface area contributed by atoms with Crippen molar-refractivity contribution in [1.29, 1.82) is 0 Å². The first-order valence-electron chi connectivity index (χ1n) is 9.90. The number of esters is 1. The summed E-state index contributed by atoms with van der Waals surface area (Å²) in [5, 5.41) is 3.39. The predicted octanol–water partition coefficient (Wildman–Crippen LogP) is 5.91. The number of aryl methyl sites for hydroxylation is 2. The maximum atomic E-state index is 13.0. The third-order valence-electron chi connectivity index (χ3n) is 4.76. The molecule has 2 aromatic carbocycles. The standard InChI is InChI=1S/C23H23BrClN3O3/c1-4-5-10-31-23(30)18-12-17(7-8-20(18)25)26-13-19-15(3)27-28(22(19)29)21-9-6-16(24)11-14(21)2/h6-9,11-13,27H,4-5,10H2,1-3H3. The number of aromatic amines is 1. The molecule has 1 aromatic heterocycles. The van der Waals surface area contributed by atoms with Gasteiger partial charge in [-0.05, 0) is 62.2 Å². The number of nitrogens with one attached hydrogen (secondary N) is 1. The molecule has 0 radical (unpaired) electrons. The van der Waals surface area contributed by atoms with Crippen molar-refractivity contribution in [3.05, 3.63) is 78.6 Å². The van der Waals surface area contributed by atoms with Crippen LogP contribution in [0.25, 0.3) is 5.69 Å². The third-order valence-corrected chi connectivity index (χ3v) is 5.58. The zero-order chi connectivity index (χ0) is 22.5. The van der Waals surface area contributed by atoms with Crippen LogP contribution in [0.15, 0.2) is 50.7 Å². The van der Waals surface area contributed by atoms with E-state index in [4.69, 9.17) is 16.3 Å². The van der Waals surface area contributed by atoms with E-state index < -0.39 is 5.97 Å². The lowest BCUT2D eigenvalue weighted by Crippen LogP contribution is -2.18. The molecule has 0 atom stereocenters. The molecule has 0 amide bonds. The number of carbonyl (C=O) groups is 1. The van der Waals surface area contributed by atoms with Gasteiger partial charge >= 0.3 is 5.97 Å². The van der Waals surface area contributed by atoms with Crippen LogP contribution in [0, 0.1) is 13.8 Å². The van der Waals surface area contributed by atoms with Gasteiger partial charge in [0.05, 0.1) is 34.1 Å². The van der Waals surface area contributed by atoms with Gasteiger partial charge in [0.25, 0.3) is 5.56 Å². The van der Waals surface area contributed by atoms with Crippen molar-refractivity contribution in [2.75, 3.05) is 6.61 Å². The van der Waals surface area contributed by atoms with Crippen LogP contribution in [0.2, 0.25) is 5.02 Å². The third kappa shape index (κ3) is 5.35. The number of aliphatic imine (C=N–C) groups is 1. The molecule has 8 heteroatoms. The van der Waals surface area contributed by atoms with Crippen molar-refractivity contribution < 1.29 is 9.53 Å². The molecule has 1 heterocycles. The molecule has 0 fully saturated rings. The number of unbranched alkanes of at least 4 members (excludes halogenated alkanes) is 1. The number of benzene rings is 2. The normalized spacial score (nSPS) is 11.3. The second-order valence-electron chi connectivity index (χ2n) is 7.13. The van der Waals surface area contributed by atoms with Crippen LogP contribution >= 0.6 is 27.5 Å². The average molecular weight is 505 g/mol. The lowest BCUT2D eigenvalue weighted by atomic mass is 10.2. The molecule has 0 unspecified atom stereocenters. The van der Waals surface area contributed by atoms with Crippen LogP contribution in [0.5, 0.6) is 0 Å². The van der Waals surface area contributed by atoms with E-state index in [0.717, 1.165) is 28.6 Å². The number of H-pyrrole nitrogens is 1. The number of ether oxygens (including phenoxy) is 1. The van der Waals surface area contributed by atoms with Crippen LogP contribution in [0.1, 0.15) is 46.9 Å². The molecule has 31 heavy (non-hydrogen) atoms. The van der Waals surface area contributed by atoms with E-state index in [1.165, 1.54) is 10.9 Å². The van der Waals surface area contributed by atoms with E-state index in [9.17, 15) is 9.59 Å². The van der Waals surface area contributed by atoms with Crippen molar-refractivity contribution in [1.82, 2.24) is 9.78 Å². The molecule has 0 aliphatic rings. The molecule has 0 saturated heterocycles. The first-order valence-corrected chi connectivity index (χ1v) is 11.1. The van der Waals surface area contributed by atoms with Gasteiger partial charge < -0.3 is 4.74 Å². The van der Waals surface area contributed by atoms with Gasteiger partial charge in [-0.3, -0.25) is 14.9 Å². The Morgan fingerprint density at radius 1 is 1.26 bits per heavy atom. The van der Waals surface area contributed by atoms with E-state index in [2.05, 4.69) is 26.0 Å². The van der Waals surface area contributed by atoms with Gasteiger partial charge in [-0.15, -0.1) is 0 Å². The summed E-state index contributed by atoms with van der Waals surface area (Å²) in [6, 6.07) is 10.5. The Morgan fingerprint density at radius 3 is 2.74 bits per heavy atom. The Balaban J connectivity index is 1.89. The first-order chi connectivity index (χ1) is 14.8. The minimum absolute atomic E-state index is 0.208. The van der Waals surface area contributed by atoms with Crippen molar-refractivity contribution >= 4 is 45.4 Å². The number of hydrogen-bond donors (Lipinski definition) is 1. The van der Waals surface area contributed by atoms with Crippen LogP contribution in [-0.4, -0.2) is 28.6 Å². The average Bonchev–Trinajstić information content (AvgIpc) is 3.01. The van der Waals surface area contributed by atoms with E-state index in [0.29, 0.717) is 28.6 Å². The van der Waals surface area contributed by atoms with Gasteiger partial charge in [0.15, 0.2) is 0 Å². The lowest BCUT2D eigenvalue weighted by molar-refractivity contribution is 0.0500. The Hall–Kier alpha value is -2.64. The van der Waals surface area contributed by atoms with Gasteiger partial charge in [0.2, 0.25) is 0 Å². The molecule has 3 rings (SSSR count). The van der Waals surface area contributed by atoms with E-state index in [1.54, 1.807) is 18.2 Å². The summed E-state index contributed by atoms with van der Waals surface area (Å²) < 4.78 is 7.68. The largest absolute Gasteiger partial charge is 0.462 e. The smallest absolute Gasteiger partial charge is 0.339 e. The second kappa shape index (κ2) is 10.1. The van der Waals surface area contributed by atoms with Crippen molar-refractivity contribution in [3.63, 3.8) is 0 Å². The number of carbonyl (C=O) groups excluding carboxylic acids is 1. The number of halogens is 2. The Kier molecular flexibility index (Phi) is 7.51. The monoisotopic (exact) mass is 503 g/mol. The Labute approximate surface area is 194 Å². The van der Waals surface area contributed by atoms with Crippen LogP contribution in [-0.2, 0) is 4.74 Å².